The molecule has 14 heavy (non-hydrogen) atoms. The highest BCUT2D eigenvalue weighted by molar-refractivity contribution is 5.69. The van der Waals surface area contributed by atoms with Crippen LogP contribution in [0.3, 0.4) is 0 Å². The number of aliphatic hydroxyl groups is 1. The molecule has 82 valence electrons. The van der Waals surface area contributed by atoms with Crippen molar-refractivity contribution in [3.8, 4) is 0 Å². The first-order valence-electron chi connectivity index (χ1n) is 5.14. The lowest BCUT2D eigenvalue weighted by Gasteiger charge is -2.29. The number of methoxy groups -OCH3 is 1. The first-order chi connectivity index (χ1) is 6.63. The van der Waals surface area contributed by atoms with Gasteiger partial charge in [-0.15, -0.1) is 0 Å². The Morgan fingerprint density at radius 1 is 1.50 bits per heavy atom. The molecule has 3 N–H and O–H groups in total. The second kappa shape index (κ2) is 5.32. The Kier molecular flexibility index (Phi) is 4.35. The molecule has 4 heteroatoms. The van der Waals surface area contributed by atoms with E-state index in [1.54, 1.807) is 0 Å². The molecule has 0 heterocycles. The van der Waals surface area contributed by atoms with E-state index in [-0.39, 0.29) is 24.5 Å². The van der Waals surface area contributed by atoms with Crippen LogP contribution in [0.2, 0.25) is 0 Å². The predicted octanol–water partition coefficient (Wildman–Crippen LogP) is 0.428. The molecule has 0 aromatic rings. The van der Waals surface area contributed by atoms with Gasteiger partial charge < -0.3 is 15.6 Å². The summed E-state index contributed by atoms with van der Waals surface area (Å²) < 4.78 is 4.56. The number of rotatable bonds is 3. The minimum atomic E-state index is -0.247. The number of esters is 1. The van der Waals surface area contributed by atoms with Crippen molar-refractivity contribution in [3.05, 3.63) is 0 Å². The van der Waals surface area contributed by atoms with Crippen molar-refractivity contribution in [2.75, 3.05) is 7.11 Å². The Morgan fingerprint density at radius 3 is 2.57 bits per heavy atom. The van der Waals surface area contributed by atoms with Crippen molar-refractivity contribution in [2.24, 2.45) is 11.7 Å². The Hall–Kier alpha value is -0.610. The third-order valence-electron chi connectivity index (χ3n) is 2.98. The first-order valence-corrected chi connectivity index (χ1v) is 5.14. The fourth-order valence-corrected chi connectivity index (χ4v) is 1.97. The zero-order chi connectivity index (χ0) is 10.6. The lowest BCUT2D eigenvalue weighted by molar-refractivity contribution is -0.141. The molecule has 0 bridgehead atoms. The summed E-state index contributed by atoms with van der Waals surface area (Å²) in [6.07, 6.45) is 3.56. The van der Waals surface area contributed by atoms with Crippen molar-refractivity contribution in [1.29, 1.82) is 0 Å². The number of nitrogens with two attached hydrogens (primary N) is 1. The molecular formula is C10H19NO3. The number of carbonyl (C=O) groups excluding carboxylic acids is 1. The van der Waals surface area contributed by atoms with Gasteiger partial charge in [0.2, 0.25) is 0 Å². The molecule has 1 aliphatic rings. The molecule has 0 aromatic heterocycles. The highest BCUT2D eigenvalue weighted by Crippen LogP contribution is 2.27. The summed E-state index contributed by atoms with van der Waals surface area (Å²) in [7, 11) is 1.37. The highest BCUT2D eigenvalue weighted by Gasteiger charge is 2.25. The molecule has 0 aliphatic heterocycles. The maximum atomic E-state index is 11.0. The minimum absolute atomic E-state index is 0.116. The summed E-state index contributed by atoms with van der Waals surface area (Å²) >= 11 is 0. The van der Waals surface area contributed by atoms with E-state index in [0.717, 1.165) is 25.7 Å². The molecule has 0 spiro atoms. The largest absolute Gasteiger partial charge is 0.469 e. The van der Waals surface area contributed by atoms with Gasteiger partial charge in [-0.2, -0.15) is 0 Å². The van der Waals surface area contributed by atoms with Crippen LogP contribution in [-0.2, 0) is 9.53 Å². The molecular weight excluding hydrogens is 182 g/mol. The molecule has 1 aliphatic carbocycles. The van der Waals surface area contributed by atoms with Gasteiger partial charge in [-0.05, 0) is 31.6 Å². The Balaban J connectivity index is 2.30. The molecule has 1 saturated carbocycles. The van der Waals surface area contributed by atoms with Crippen molar-refractivity contribution >= 4 is 5.97 Å². The standard InChI is InChI=1S/C10H19NO3/c1-14-10(13)6-9(11)7-2-4-8(12)5-3-7/h7-9,12H,2-6,11H2,1H3. The molecule has 0 saturated heterocycles. The number of hydrogen-bond acceptors (Lipinski definition) is 4. The summed E-state index contributed by atoms with van der Waals surface area (Å²) in [6, 6.07) is -0.116. The van der Waals surface area contributed by atoms with Crippen LogP contribution in [0.25, 0.3) is 0 Å². The number of aliphatic hydroxyl groups excluding tert-OH is 1. The van der Waals surface area contributed by atoms with Gasteiger partial charge in [0, 0.05) is 6.04 Å². The van der Waals surface area contributed by atoms with Gasteiger partial charge in [0.1, 0.15) is 0 Å². The molecule has 4 nitrogen and oxygen atoms in total. The van der Waals surface area contributed by atoms with Crippen molar-refractivity contribution < 1.29 is 14.6 Å². The maximum absolute atomic E-state index is 11.0. The Bertz CT molecular complexity index is 188. The van der Waals surface area contributed by atoms with Crippen molar-refractivity contribution in [3.63, 3.8) is 0 Å². The molecule has 1 atom stereocenters. The van der Waals surface area contributed by atoms with Gasteiger partial charge in [0.05, 0.1) is 19.6 Å². The van der Waals surface area contributed by atoms with Crippen molar-refractivity contribution in [1.82, 2.24) is 0 Å². The van der Waals surface area contributed by atoms with Crippen molar-refractivity contribution in [2.45, 2.75) is 44.2 Å². The molecule has 0 amide bonds. The van der Waals surface area contributed by atoms with Gasteiger partial charge in [-0.25, -0.2) is 0 Å². The van der Waals surface area contributed by atoms with E-state index in [0.29, 0.717) is 5.92 Å². The topological polar surface area (TPSA) is 72.5 Å². The minimum Gasteiger partial charge on any atom is -0.469 e. The molecule has 1 unspecified atom stereocenters. The smallest absolute Gasteiger partial charge is 0.307 e. The van der Waals surface area contributed by atoms with E-state index in [1.165, 1.54) is 7.11 Å². The van der Waals surface area contributed by atoms with E-state index < -0.39 is 0 Å². The summed E-state index contributed by atoms with van der Waals surface area (Å²) in [5.74, 6) is 0.112. The number of ether oxygens (including phenoxy) is 1. The fourth-order valence-electron chi connectivity index (χ4n) is 1.97. The monoisotopic (exact) mass is 201 g/mol. The Morgan fingerprint density at radius 2 is 2.07 bits per heavy atom. The number of carbonyl (C=O) groups is 1. The van der Waals surface area contributed by atoms with E-state index in [2.05, 4.69) is 4.74 Å². The van der Waals surface area contributed by atoms with Crippen LogP contribution < -0.4 is 5.73 Å². The predicted molar refractivity (Wildman–Crippen MR) is 52.6 cm³/mol. The molecule has 1 fully saturated rings. The van der Waals surface area contributed by atoms with Gasteiger partial charge >= 0.3 is 5.97 Å². The average molecular weight is 201 g/mol. The second-order valence-electron chi connectivity index (χ2n) is 4.01. The lowest BCUT2D eigenvalue weighted by Crippen LogP contribution is -2.36. The van der Waals surface area contributed by atoms with Crippen LogP contribution in [-0.4, -0.2) is 30.3 Å². The molecule has 0 aromatic carbocycles. The van der Waals surface area contributed by atoms with Gasteiger partial charge in [0.25, 0.3) is 0 Å². The van der Waals surface area contributed by atoms with Crippen LogP contribution in [0.4, 0.5) is 0 Å². The zero-order valence-electron chi connectivity index (χ0n) is 8.61. The first kappa shape index (κ1) is 11.5. The van der Waals surface area contributed by atoms with E-state index in [1.807, 2.05) is 0 Å². The summed E-state index contributed by atoms with van der Waals surface area (Å²) in [4.78, 5) is 11.0. The maximum Gasteiger partial charge on any atom is 0.307 e. The SMILES string of the molecule is COC(=O)CC(N)C1CCC(O)CC1. The van der Waals surface area contributed by atoms with Gasteiger partial charge in [0.15, 0.2) is 0 Å². The second-order valence-corrected chi connectivity index (χ2v) is 4.01. The van der Waals surface area contributed by atoms with E-state index in [4.69, 9.17) is 5.73 Å². The van der Waals surface area contributed by atoms with Crippen LogP contribution in [0.5, 0.6) is 0 Å². The lowest BCUT2D eigenvalue weighted by atomic mass is 9.82. The number of hydrogen-bond donors (Lipinski definition) is 2. The van der Waals surface area contributed by atoms with Crippen LogP contribution in [0.1, 0.15) is 32.1 Å². The van der Waals surface area contributed by atoms with Crippen LogP contribution in [0.15, 0.2) is 0 Å². The van der Waals surface area contributed by atoms with E-state index >= 15 is 0 Å². The Labute approximate surface area is 84.4 Å². The fraction of sp³-hybridized carbons (Fsp3) is 0.900. The summed E-state index contributed by atoms with van der Waals surface area (Å²) in [5, 5.41) is 9.30. The van der Waals surface area contributed by atoms with Gasteiger partial charge in [-0.3, -0.25) is 4.79 Å². The summed E-state index contributed by atoms with van der Waals surface area (Å²) in [5.41, 5.74) is 5.89. The quantitative estimate of drug-likeness (QED) is 0.649. The normalized spacial score (nSPS) is 29.6. The third-order valence-corrected chi connectivity index (χ3v) is 2.98. The molecule has 1 rings (SSSR count). The van der Waals surface area contributed by atoms with Crippen LogP contribution in [0, 0.1) is 5.92 Å². The molecule has 0 radical (unpaired) electrons. The van der Waals surface area contributed by atoms with Crippen LogP contribution >= 0.6 is 0 Å². The average Bonchev–Trinajstić information content (AvgIpc) is 2.18. The highest BCUT2D eigenvalue weighted by atomic mass is 16.5. The van der Waals surface area contributed by atoms with Gasteiger partial charge in [-0.1, -0.05) is 0 Å². The van der Waals surface area contributed by atoms with E-state index in [9.17, 15) is 9.90 Å². The zero-order valence-corrected chi connectivity index (χ0v) is 8.61. The summed E-state index contributed by atoms with van der Waals surface area (Å²) in [6.45, 7) is 0. The third kappa shape index (κ3) is 3.27.